The Morgan fingerprint density at radius 1 is 1.53 bits per heavy atom. The highest BCUT2D eigenvalue weighted by Gasteiger charge is 2.29. The third kappa shape index (κ3) is 3.07. The van der Waals surface area contributed by atoms with E-state index >= 15 is 0 Å². The fourth-order valence-electron chi connectivity index (χ4n) is 2.75. The molecule has 2 rings (SSSR count). The number of aliphatic hydroxyl groups excluding tert-OH is 1. The summed E-state index contributed by atoms with van der Waals surface area (Å²) in [4.78, 5) is 14.5. The van der Waals surface area contributed by atoms with E-state index in [9.17, 15) is 4.79 Å². The molecule has 0 spiro atoms. The number of carbonyl (C=O) groups is 1. The van der Waals surface area contributed by atoms with Gasteiger partial charge in [0.2, 0.25) is 0 Å². The number of nitrogens with zero attached hydrogens (tertiary/aromatic N) is 1. The van der Waals surface area contributed by atoms with Crippen molar-refractivity contribution in [2.24, 2.45) is 0 Å². The van der Waals surface area contributed by atoms with Gasteiger partial charge in [-0.25, -0.2) is 0 Å². The highest BCUT2D eigenvalue weighted by atomic mass is 16.3. The fraction of sp³-hybridized carbons (Fsp3) is 0.533. The second-order valence-electron chi connectivity index (χ2n) is 5.23. The number of carbonyl (C=O) groups excluding carboxylic acids is 1. The zero-order chi connectivity index (χ0) is 13.8. The molecule has 0 radical (unpaired) electrons. The van der Waals surface area contributed by atoms with Gasteiger partial charge in [-0.3, -0.25) is 4.79 Å². The number of hydrogen-bond acceptors (Lipinski definition) is 3. The predicted octanol–water partition coefficient (Wildman–Crippen LogP) is 1.95. The maximum absolute atomic E-state index is 12.6. The molecule has 1 atom stereocenters. The predicted molar refractivity (Wildman–Crippen MR) is 76.0 cm³/mol. The second-order valence-corrected chi connectivity index (χ2v) is 5.23. The number of amides is 1. The lowest BCUT2D eigenvalue weighted by Crippen LogP contribution is -2.36. The number of benzene rings is 1. The van der Waals surface area contributed by atoms with E-state index < -0.39 is 0 Å². The van der Waals surface area contributed by atoms with Gasteiger partial charge in [-0.2, -0.15) is 0 Å². The summed E-state index contributed by atoms with van der Waals surface area (Å²) in [6.45, 7) is 2.94. The number of anilines is 1. The molecule has 1 fully saturated rings. The number of aryl methyl sites for hydroxylation is 1. The van der Waals surface area contributed by atoms with Crippen molar-refractivity contribution in [2.75, 3.05) is 18.9 Å². The summed E-state index contributed by atoms with van der Waals surface area (Å²) < 4.78 is 0. The number of rotatable bonds is 4. The molecule has 1 aromatic rings. The molecule has 1 heterocycles. The number of aliphatic hydroxyl groups is 1. The van der Waals surface area contributed by atoms with Gasteiger partial charge in [0, 0.05) is 30.4 Å². The Balaban J connectivity index is 2.16. The summed E-state index contributed by atoms with van der Waals surface area (Å²) in [6.07, 6.45) is 3.71. The van der Waals surface area contributed by atoms with Gasteiger partial charge in [0.1, 0.15) is 0 Å². The molecule has 0 bridgehead atoms. The first kappa shape index (κ1) is 13.9. The lowest BCUT2D eigenvalue weighted by Gasteiger charge is -2.25. The van der Waals surface area contributed by atoms with Crippen LogP contribution in [0.1, 0.15) is 41.6 Å². The van der Waals surface area contributed by atoms with E-state index in [0.29, 0.717) is 11.3 Å². The Kier molecular flexibility index (Phi) is 4.43. The SMILES string of the molecule is Cc1ccc(N)cc1C(=O)N1CCCC1CCCO. The summed E-state index contributed by atoms with van der Waals surface area (Å²) in [7, 11) is 0. The van der Waals surface area contributed by atoms with Crippen molar-refractivity contribution in [3.63, 3.8) is 0 Å². The van der Waals surface area contributed by atoms with E-state index in [1.165, 1.54) is 0 Å². The first-order valence-electron chi connectivity index (χ1n) is 6.91. The minimum absolute atomic E-state index is 0.0743. The topological polar surface area (TPSA) is 66.6 Å². The van der Waals surface area contributed by atoms with Gasteiger partial charge in [0.25, 0.3) is 5.91 Å². The molecule has 1 aromatic carbocycles. The smallest absolute Gasteiger partial charge is 0.254 e. The first-order chi connectivity index (χ1) is 9.13. The Labute approximate surface area is 114 Å². The van der Waals surface area contributed by atoms with Crippen molar-refractivity contribution in [3.8, 4) is 0 Å². The Hall–Kier alpha value is -1.55. The molecule has 3 N–H and O–H groups in total. The van der Waals surface area contributed by atoms with E-state index in [4.69, 9.17) is 10.8 Å². The zero-order valence-corrected chi connectivity index (χ0v) is 11.4. The van der Waals surface area contributed by atoms with Crippen LogP contribution in [0.2, 0.25) is 0 Å². The van der Waals surface area contributed by atoms with Crippen LogP contribution in [0.4, 0.5) is 5.69 Å². The van der Waals surface area contributed by atoms with Crippen molar-refractivity contribution in [2.45, 2.75) is 38.6 Å². The van der Waals surface area contributed by atoms with Crippen LogP contribution in [0.25, 0.3) is 0 Å². The average Bonchev–Trinajstić information content (AvgIpc) is 2.86. The van der Waals surface area contributed by atoms with Gasteiger partial charge in [-0.05, 0) is 50.3 Å². The van der Waals surface area contributed by atoms with Crippen molar-refractivity contribution in [1.82, 2.24) is 4.90 Å². The summed E-state index contributed by atoms with van der Waals surface area (Å²) in [5.41, 5.74) is 8.07. The van der Waals surface area contributed by atoms with Crippen LogP contribution >= 0.6 is 0 Å². The van der Waals surface area contributed by atoms with Crippen LogP contribution in [-0.2, 0) is 0 Å². The van der Waals surface area contributed by atoms with E-state index in [1.807, 2.05) is 24.0 Å². The zero-order valence-electron chi connectivity index (χ0n) is 11.4. The highest BCUT2D eigenvalue weighted by Crippen LogP contribution is 2.25. The van der Waals surface area contributed by atoms with Gasteiger partial charge < -0.3 is 15.7 Å². The monoisotopic (exact) mass is 262 g/mol. The summed E-state index contributed by atoms with van der Waals surface area (Å²) in [6, 6.07) is 5.74. The molecule has 1 unspecified atom stereocenters. The van der Waals surface area contributed by atoms with Crippen LogP contribution in [-0.4, -0.2) is 35.1 Å². The Morgan fingerprint density at radius 3 is 3.05 bits per heavy atom. The number of likely N-dealkylation sites (tertiary alicyclic amines) is 1. The van der Waals surface area contributed by atoms with Gasteiger partial charge in [-0.15, -0.1) is 0 Å². The minimum atomic E-state index is 0.0743. The van der Waals surface area contributed by atoms with E-state index in [-0.39, 0.29) is 18.6 Å². The van der Waals surface area contributed by atoms with Gasteiger partial charge in [0.15, 0.2) is 0 Å². The quantitative estimate of drug-likeness (QED) is 0.815. The molecule has 104 valence electrons. The normalized spacial score (nSPS) is 18.8. The largest absolute Gasteiger partial charge is 0.399 e. The standard InChI is InChI=1S/C15H22N2O2/c1-11-6-7-12(16)10-14(11)15(19)17-8-2-4-13(17)5-3-9-18/h6-7,10,13,18H,2-5,8-9,16H2,1H3. The van der Waals surface area contributed by atoms with E-state index in [1.54, 1.807) is 6.07 Å². The molecule has 0 saturated carbocycles. The minimum Gasteiger partial charge on any atom is -0.399 e. The van der Waals surface area contributed by atoms with Crippen molar-refractivity contribution in [3.05, 3.63) is 29.3 Å². The molecular formula is C15H22N2O2. The number of nitrogen functional groups attached to an aromatic ring is 1. The van der Waals surface area contributed by atoms with Crippen LogP contribution < -0.4 is 5.73 Å². The number of hydrogen-bond donors (Lipinski definition) is 2. The van der Waals surface area contributed by atoms with Crippen LogP contribution in [0.15, 0.2) is 18.2 Å². The van der Waals surface area contributed by atoms with Crippen molar-refractivity contribution >= 4 is 11.6 Å². The van der Waals surface area contributed by atoms with E-state index in [2.05, 4.69) is 0 Å². The summed E-state index contributed by atoms with van der Waals surface area (Å²) in [5.74, 6) is 0.0743. The van der Waals surface area contributed by atoms with Crippen LogP contribution in [0.3, 0.4) is 0 Å². The maximum Gasteiger partial charge on any atom is 0.254 e. The van der Waals surface area contributed by atoms with Gasteiger partial charge >= 0.3 is 0 Å². The third-order valence-electron chi connectivity index (χ3n) is 3.83. The average molecular weight is 262 g/mol. The van der Waals surface area contributed by atoms with Gasteiger partial charge in [0.05, 0.1) is 0 Å². The maximum atomic E-state index is 12.6. The Bertz CT molecular complexity index is 459. The van der Waals surface area contributed by atoms with E-state index in [0.717, 1.165) is 37.8 Å². The van der Waals surface area contributed by atoms with Crippen molar-refractivity contribution in [1.29, 1.82) is 0 Å². The molecule has 1 aliphatic heterocycles. The van der Waals surface area contributed by atoms with Gasteiger partial charge in [-0.1, -0.05) is 6.07 Å². The molecule has 19 heavy (non-hydrogen) atoms. The fourth-order valence-corrected chi connectivity index (χ4v) is 2.75. The molecule has 0 aliphatic carbocycles. The second kappa shape index (κ2) is 6.06. The molecule has 4 heteroatoms. The summed E-state index contributed by atoms with van der Waals surface area (Å²) >= 11 is 0. The van der Waals surface area contributed by atoms with Crippen LogP contribution in [0.5, 0.6) is 0 Å². The lowest BCUT2D eigenvalue weighted by atomic mass is 10.0. The molecule has 4 nitrogen and oxygen atoms in total. The Morgan fingerprint density at radius 2 is 2.32 bits per heavy atom. The van der Waals surface area contributed by atoms with Crippen molar-refractivity contribution < 1.29 is 9.90 Å². The molecule has 0 aromatic heterocycles. The lowest BCUT2D eigenvalue weighted by molar-refractivity contribution is 0.0724. The molecule has 1 saturated heterocycles. The molecule has 1 amide bonds. The third-order valence-corrected chi connectivity index (χ3v) is 3.83. The van der Waals surface area contributed by atoms with Crippen LogP contribution in [0, 0.1) is 6.92 Å². The first-order valence-corrected chi connectivity index (χ1v) is 6.91. The molecular weight excluding hydrogens is 240 g/mol. The number of nitrogens with two attached hydrogens (primary N) is 1. The summed E-state index contributed by atoms with van der Waals surface area (Å²) in [5, 5.41) is 8.93. The molecule has 1 aliphatic rings. The highest BCUT2D eigenvalue weighted by molar-refractivity contribution is 5.96.